The van der Waals surface area contributed by atoms with Gasteiger partial charge < -0.3 is 5.32 Å². The van der Waals surface area contributed by atoms with Crippen molar-refractivity contribution >= 4 is 22.5 Å². The Kier molecular flexibility index (Phi) is 3.83. The topological polar surface area (TPSA) is 76.9 Å². The molecule has 132 valence electrons. The Bertz CT molecular complexity index is 1050. The first-order valence-corrected chi connectivity index (χ1v) is 8.68. The van der Waals surface area contributed by atoms with Crippen LogP contribution in [0.25, 0.3) is 10.9 Å². The van der Waals surface area contributed by atoms with Gasteiger partial charge in [-0.3, -0.25) is 19.1 Å². The van der Waals surface area contributed by atoms with Gasteiger partial charge in [-0.15, -0.1) is 0 Å². The Morgan fingerprint density at radius 2 is 1.96 bits per heavy atom. The van der Waals surface area contributed by atoms with Gasteiger partial charge in [0.25, 0.3) is 11.5 Å². The zero-order valence-corrected chi connectivity index (χ0v) is 14.8. The van der Waals surface area contributed by atoms with Gasteiger partial charge >= 0.3 is 0 Å². The fourth-order valence-electron chi connectivity index (χ4n) is 3.36. The van der Waals surface area contributed by atoms with Crippen LogP contribution in [-0.2, 0) is 13.0 Å². The molecule has 0 fully saturated rings. The summed E-state index contributed by atoms with van der Waals surface area (Å²) in [6, 6.07) is 8.50. The largest absolute Gasteiger partial charge is 0.322 e. The average Bonchev–Trinajstić information content (AvgIpc) is 2.63. The van der Waals surface area contributed by atoms with Crippen LogP contribution in [0.5, 0.6) is 0 Å². The lowest BCUT2D eigenvalue weighted by Crippen LogP contribution is -2.36. The van der Waals surface area contributed by atoms with Crippen LogP contribution in [0, 0.1) is 5.41 Å². The first kappa shape index (κ1) is 16.4. The van der Waals surface area contributed by atoms with E-state index in [0.717, 1.165) is 18.7 Å². The quantitative estimate of drug-likeness (QED) is 0.772. The molecular weight excluding hydrogens is 328 g/mol. The monoisotopic (exact) mass is 348 g/mol. The van der Waals surface area contributed by atoms with E-state index >= 15 is 0 Å². The number of aryl methyl sites for hydroxylation is 1. The summed E-state index contributed by atoms with van der Waals surface area (Å²) in [7, 11) is 0. The summed E-state index contributed by atoms with van der Waals surface area (Å²) < 4.78 is 1.78. The van der Waals surface area contributed by atoms with Crippen molar-refractivity contribution in [3.05, 3.63) is 64.5 Å². The van der Waals surface area contributed by atoms with Gasteiger partial charge in [0, 0.05) is 36.6 Å². The smallest absolute Gasteiger partial charge is 0.261 e. The Balaban J connectivity index is 1.72. The molecule has 2 aromatic heterocycles. The Hall–Kier alpha value is -3.02. The number of pyridine rings is 1. The van der Waals surface area contributed by atoms with E-state index in [1.807, 2.05) is 0 Å². The maximum atomic E-state index is 12.8. The number of fused-ring (bicyclic) bond motifs is 2. The number of rotatable bonds is 2. The van der Waals surface area contributed by atoms with Gasteiger partial charge in [0.15, 0.2) is 0 Å². The van der Waals surface area contributed by atoms with Crippen LogP contribution >= 0.6 is 0 Å². The molecule has 6 heteroatoms. The molecule has 0 atom stereocenters. The van der Waals surface area contributed by atoms with Crippen molar-refractivity contribution < 1.29 is 4.79 Å². The van der Waals surface area contributed by atoms with Gasteiger partial charge in [-0.25, -0.2) is 4.98 Å². The minimum atomic E-state index is -0.237. The second kappa shape index (κ2) is 6.05. The number of amides is 1. The number of carbonyl (C=O) groups excluding carboxylic acids is 1. The lowest BCUT2D eigenvalue weighted by Gasteiger charge is -2.31. The number of benzene rings is 1. The number of nitrogens with one attached hydrogen (secondary N) is 1. The molecule has 0 saturated heterocycles. The van der Waals surface area contributed by atoms with Gasteiger partial charge in [-0.2, -0.15) is 0 Å². The summed E-state index contributed by atoms with van der Waals surface area (Å²) in [6.45, 7) is 5.01. The van der Waals surface area contributed by atoms with Crippen molar-refractivity contribution in [2.45, 2.75) is 33.2 Å². The van der Waals surface area contributed by atoms with Gasteiger partial charge in [-0.05, 0) is 42.2 Å². The number of hydrogen-bond donors (Lipinski definition) is 1. The summed E-state index contributed by atoms with van der Waals surface area (Å²) in [5.74, 6) is 0.562. The van der Waals surface area contributed by atoms with E-state index < -0.39 is 0 Å². The fraction of sp³-hybridized carbons (Fsp3) is 0.300. The lowest BCUT2D eigenvalue weighted by molar-refractivity contribution is 0.102. The first-order chi connectivity index (χ1) is 12.4. The minimum absolute atomic E-state index is 0.0288. The van der Waals surface area contributed by atoms with Crippen LogP contribution in [0.15, 0.2) is 47.5 Å². The van der Waals surface area contributed by atoms with Crippen molar-refractivity contribution in [3.8, 4) is 0 Å². The molecule has 0 saturated carbocycles. The summed E-state index contributed by atoms with van der Waals surface area (Å²) >= 11 is 0. The number of aromatic nitrogens is 3. The van der Waals surface area contributed by atoms with E-state index in [1.54, 1.807) is 47.3 Å². The molecule has 0 unspecified atom stereocenters. The predicted octanol–water partition coefficient (Wildman–Crippen LogP) is 3.02. The molecule has 1 N–H and O–H groups in total. The molecule has 0 radical (unpaired) electrons. The van der Waals surface area contributed by atoms with Crippen LogP contribution in [0.3, 0.4) is 0 Å². The van der Waals surface area contributed by atoms with E-state index in [4.69, 9.17) is 0 Å². The average molecular weight is 348 g/mol. The third-order valence-corrected chi connectivity index (χ3v) is 4.85. The zero-order chi connectivity index (χ0) is 18.3. The molecule has 0 spiro atoms. The van der Waals surface area contributed by atoms with Gasteiger partial charge in [-0.1, -0.05) is 13.8 Å². The van der Waals surface area contributed by atoms with Crippen LogP contribution in [-0.4, -0.2) is 20.4 Å². The second-order valence-corrected chi connectivity index (χ2v) is 7.51. The highest BCUT2D eigenvalue weighted by atomic mass is 16.1. The molecular formula is C20H20N4O2. The molecule has 0 aliphatic carbocycles. The molecule has 4 rings (SSSR count). The fourth-order valence-corrected chi connectivity index (χ4v) is 3.36. The minimum Gasteiger partial charge on any atom is -0.322 e. The van der Waals surface area contributed by atoms with E-state index in [2.05, 4.69) is 29.1 Å². The van der Waals surface area contributed by atoms with Crippen LogP contribution < -0.4 is 10.9 Å². The van der Waals surface area contributed by atoms with Gasteiger partial charge in [0.05, 0.1) is 10.9 Å². The highest BCUT2D eigenvalue weighted by molar-refractivity contribution is 6.06. The Morgan fingerprint density at radius 3 is 2.73 bits per heavy atom. The summed E-state index contributed by atoms with van der Waals surface area (Å²) in [5, 5.41) is 3.37. The van der Waals surface area contributed by atoms with Crippen molar-refractivity contribution in [3.63, 3.8) is 0 Å². The van der Waals surface area contributed by atoms with Crippen molar-refractivity contribution in [2.75, 3.05) is 5.32 Å². The van der Waals surface area contributed by atoms with E-state index in [-0.39, 0.29) is 16.9 Å². The van der Waals surface area contributed by atoms with Gasteiger partial charge in [0.2, 0.25) is 0 Å². The van der Waals surface area contributed by atoms with E-state index in [9.17, 15) is 9.59 Å². The predicted molar refractivity (Wildman–Crippen MR) is 100 cm³/mol. The standard InChI is InChI=1S/C20H20N4O2/c1-20(2)8-5-17-23-16-11-13(3-4-15(16)19(26)24(17)12-20)18(25)22-14-6-9-21-10-7-14/h3-4,6-7,9-11H,5,8,12H2,1-2H3,(H,21,22,25). The Morgan fingerprint density at radius 1 is 1.19 bits per heavy atom. The third kappa shape index (κ3) is 2.98. The number of hydrogen-bond acceptors (Lipinski definition) is 4. The molecule has 1 aromatic carbocycles. The van der Waals surface area contributed by atoms with E-state index in [0.29, 0.717) is 28.7 Å². The van der Waals surface area contributed by atoms with Gasteiger partial charge in [0.1, 0.15) is 5.82 Å². The molecule has 26 heavy (non-hydrogen) atoms. The third-order valence-electron chi connectivity index (χ3n) is 4.85. The molecule has 6 nitrogen and oxygen atoms in total. The maximum Gasteiger partial charge on any atom is 0.261 e. The maximum absolute atomic E-state index is 12.8. The van der Waals surface area contributed by atoms with Crippen LogP contribution in [0.2, 0.25) is 0 Å². The first-order valence-electron chi connectivity index (χ1n) is 8.68. The number of anilines is 1. The van der Waals surface area contributed by atoms with Crippen molar-refractivity contribution in [2.24, 2.45) is 5.41 Å². The second-order valence-electron chi connectivity index (χ2n) is 7.51. The summed E-state index contributed by atoms with van der Waals surface area (Å²) in [6.07, 6.45) is 5.00. The number of nitrogens with zero attached hydrogens (tertiary/aromatic N) is 3. The molecule has 1 amide bonds. The molecule has 0 bridgehead atoms. The Labute approximate surface area is 150 Å². The highest BCUT2D eigenvalue weighted by Gasteiger charge is 2.27. The lowest BCUT2D eigenvalue weighted by atomic mass is 9.85. The normalized spacial score (nSPS) is 15.5. The van der Waals surface area contributed by atoms with Crippen LogP contribution in [0.4, 0.5) is 5.69 Å². The van der Waals surface area contributed by atoms with Crippen molar-refractivity contribution in [1.82, 2.24) is 14.5 Å². The molecule has 3 aromatic rings. The summed E-state index contributed by atoms with van der Waals surface area (Å²) in [4.78, 5) is 33.9. The number of carbonyl (C=O) groups is 1. The zero-order valence-electron chi connectivity index (χ0n) is 14.8. The molecule has 1 aliphatic rings. The molecule has 1 aliphatic heterocycles. The molecule has 3 heterocycles. The summed E-state index contributed by atoms with van der Waals surface area (Å²) in [5.41, 5.74) is 1.78. The van der Waals surface area contributed by atoms with Crippen molar-refractivity contribution in [1.29, 1.82) is 0 Å². The SMILES string of the molecule is CC1(C)CCc2nc3cc(C(=O)Nc4ccncc4)ccc3c(=O)n2C1. The highest BCUT2D eigenvalue weighted by Crippen LogP contribution is 2.29. The van der Waals surface area contributed by atoms with E-state index in [1.165, 1.54) is 0 Å². The van der Waals surface area contributed by atoms with Crippen LogP contribution in [0.1, 0.15) is 36.5 Å².